The number of thioether (sulfide) groups is 1. The molecule has 3 aromatic rings. The molecule has 5 nitrogen and oxygen atoms in total. The number of nitrogens with one attached hydrogen (secondary N) is 1. The molecule has 0 fully saturated rings. The van der Waals surface area contributed by atoms with Gasteiger partial charge < -0.3 is 15.0 Å². The van der Waals surface area contributed by atoms with Crippen molar-refractivity contribution in [2.75, 3.05) is 11.9 Å². The van der Waals surface area contributed by atoms with Gasteiger partial charge in [-0.05, 0) is 62.1 Å². The van der Waals surface area contributed by atoms with Gasteiger partial charge in [0.05, 0.1) is 17.4 Å². The second-order valence-corrected chi connectivity index (χ2v) is 11.4. The van der Waals surface area contributed by atoms with Crippen LogP contribution in [0.15, 0.2) is 94.2 Å². The highest BCUT2D eigenvalue weighted by atomic mass is 32.2. The number of ketones is 1. The molecule has 0 saturated heterocycles. The number of ether oxygens (including phenoxy) is 1. The number of nitrogens with zero attached hydrogens (tertiary/aromatic N) is 1. The van der Waals surface area contributed by atoms with Crippen LogP contribution in [0.4, 0.5) is 5.69 Å². The summed E-state index contributed by atoms with van der Waals surface area (Å²) in [6, 6.07) is 22.1. The maximum atomic E-state index is 13.7. The third kappa shape index (κ3) is 3.70. The maximum Gasteiger partial charge on any atom is 0.336 e. The number of esters is 1. The number of anilines is 1. The van der Waals surface area contributed by atoms with E-state index in [1.807, 2.05) is 57.2 Å². The summed E-state index contributed by atoms with van der Waals surface area (Å²) in [5, 5.41) is 3.47. The largest absolute Gasteiger partial charge is 0.460 e. The third-order valence-electron chi connectivity index (χ3n) is 7.57. The van der Waals surface area contributed by atoms with E-state index in [4.69, 9.17) is 4.74 Å². The van der Waals surface area contributed by atoms with Crippen LogP contribution >= 0.6 is 11.8 Å². The fraction of sp³-hybridized carbons (Fsp3) is 0.250. The summed E-state index contributed by atoms with van der Waals surface area (Å²) in [6.07, 6.45) is -0.254. The highest BCUT2D eigenvalue weighted by Gasteiger charge is 2.44. The van der Waals surface area contributed by atoms with Crippen LogP contribution in [0, 0.1) is 0 Å². The van der Waals surface area contributed by atoms with Gasteiger partial charge in [-0.15, -0.1) is 0 Å². The monoisotopic (exact) mass is 522 g/mol. The summed E-state index contributed by atoms with van der Waals surface area (Å²) < 4.78 is 5.81. The van der Waals surface area contributed by atoms with Crippen LogP contribution in [0.25, 0.3) is 11.1 Å². The Bertz CT molecular complexity index is 1570. The number of allylic oxidation sites excluding steroid dienone is 2. The normalized spacial score (nSPS) is 19.9. The van der Waals surface area contributed by atoms with E-state index in [0.717, 1.165) is 39.3 Å². The molecule has 0 amide bonds. The van der Waals surface area contributed by atoms with Crippen LogP contribution in [0.1, 0.15) is 55.1 Å². The zero-order valence-electron chi connectivity index (χ0n) is 22.2. The lowest BCUT2D eigenvalue weighted by atomic mass is 9.77. The molecule has 0 bridgehead atoms. The predicted molar refractivity (Wildman–Crippen MR) is 152 cm³/mol. The Morgan fingerprint density at radius 1 is 0.921 bits per heavy atom. The number of carbonyl (C=O) groups excluding carboxylic acids is 2. The minimum Gasteiger partial charge on any atom is -0.460 e. The smallest absolute Gasteiger partial charge is 0.336 e. The van der Waals surface area contributed by atoms with Gasteiger partial charge in [0.2, 0.25) is 0 Å². The van der Waals surface area contributed by atoms with Gasteiger partial charge in [-0.1, -0.05) is 66.4 Å². The van der Waals surface area contributed by atoms with E-state index < -0.39 is 0 Å². The Balaban J connectivity index is 1.59. The van der Waals surface area contributed by atoms with Crippen LogP contribution < -0.4 is 10.2 Å². The average molecular weight is 523 g/mol. The van der Waals surface area contributed by atoms with Gasteiger partial charge in [0.25, 0.3) is 0 Å². The first kappa shape index (κ1) is 24.6. The molecule has 0 saturated carbocycles. The van der Waals surface area contributed by atoms with Crippen molar-refractivity contribution in [1.82, 2.24) is 5.32 Å². The number of fused-ring (bicyclic) bond motifs is 4. The molecule has 2 aliphatic heterocycles. The van der Waals surface area contributed by atoms with Gasteiger partial charge >= 0.3 is 5.97 Å². The third-order valence-corrected chi connectivity index (χ3v) is 8.96. The van der Waals surface area contributed by atoms with E-state index >= 15 is 0 Å². The molecule has 2 heterocycles. The molecule has 2 atom stereocenters. The fourth-order valence-electron chi connectivity index (χ4n) is 6.00. The van der Waals surface area contributed by atoms with Crippen LogP contribution in [-0.4, -0.2) is 30.3 Å². The summed E-state index contributed by atoms with van der Waals surface area (Å²) in [5.74, 6) is -0.690. The van der Waals surface area contributed by atoms with E-state index in [0.29, 0.717) is 16.7 Å². The first-order chi connectivity index (χ1) is 18.3. The van der Waals surface area contributed by atoms with Gasteiger partial charge in [0.1, 0.15) is 5.37 Å². The second kappa shape index (κ2) is 9.21. The van der Waals surface area contributed by atoms with E-state index in [-0.39, 0.29) is 29.1 Å². The predicted octanol–water partition coefficient (Wildman–Crippen LogP) is 6.65. The van der Waals surface area contributed by atoms with E-state index in [1.165, 1.54) is 4.90 Å². The van der Waals surface area contributed by atoms with Crippen molar-refractivity contribution in [3.05, 3.63) is 106 Å². The molecule has 3 aliphatic rings. The molecule has 192 valence electrons. The SMILES string of the molecule is CC1=C(C(=O)OC(C)C)C(c2cccc3c2-c2ccccc2C3=O)C(C2Sc3ccccc3N2C)=C(C)N1. The molecule has 38 heavy (non-hydrogen) atoms. The van der Waals surface area contributed by atoms with Crippen molar-refractivity contribution < 1.29 is 14.3 Å². The number of hydrogen-bond acceptors (Lipinski definition) is 6. The lowest BCUT2D eigenvalue weighted by Crippen LogP contribution is -2.37. The lowest BCUT2D eigenvalue weighted by Gasteiger charge is -2.37. The Hall–Kier alpha value is -3.77. The second-order valence-electron chi connectivity index (χ2n) is 10.3. The molecule has 3 aromatic carbocycles. The van der Waals surface area contributed by atoms with Crippen LogP contribution in [0.5, 0.6) is 0 Å². The summed E-state index contributed by atoms with van der Waals surface area (Å²) in [6.45, 7) is 7.75. The van der Waals surface area contributed by atoms with E-state index in [9.17, 15) is 9.59 Å². The minimum absolute atomic E-state index is 0.0282. The summed E-state index contributed by atoms with van der Waals surface area (Å²) in [7, 11) is 2.10. The quantitative estimate of drug-likeness (QED) is 0.303. The first-order valence-corrected chi connectivity index (χ1v) is 13.8. The number of carbonyl (C=O) groups is 2. The van der Waals surface area contributed by atoms with Gasteiger partial charge in [-0.25, -0.2) is 4.79 Å². The molecule has 0 radical (unpaired) electrons. The summed E-state index contributed by atoms with van der Waals surface area (Å²) in [5.41, 5.74) is 8.83. The zero-order valence-corrected chi connectivity index (χ0v) is 23.0. The molecule has 0 aromatic heterocycles. The van der Waals surface area contributed by atoms with Crippen molar-refractivity contribution in [3.8, 4) is 11.1 Å². The van der Waals surface area contributed by atoms with Crippen molar-refractivity contribution in [2.45, 2.75) is 50.0 Å². The molecule has 6 heteroatoms. The van der Waals surface area contributed by atoms with E-state index in [1.54, 1.807) is 11.8 Å². The molecule has 1 N–H and O–H groups in total. The zero-order chi connectivity index (χ0) is 26.7. The van der Waals surface area contributed by atoms with Crippen molar-refractivity contribution in [2.24, 2.45) is 0 Å². The first-order valence-electron chi connectivity index (χ1n) is 12.9. The number of likely N-dealkylation sites (N-methyl/N-ethyl adjacent to an activating group) is 1. The van der Waals surface area contributed by atoms with Gasteiger partial charge in [-0.3, -0.25) is 4.79 Å². The number of dihydropyridines is 1. The Kier molecular flexibility index (Phi) is 5.95. The number of para-hydroxylation sites is 1. The highest BCUT2D eigenvalue weighted by molar-refractivity contribution is 8.00. The van der Waals surface area contributed by atoms with Gasteiger partial charge in [0.15, 0.2) is 5.78 Å². The Morgan fingerprint density at radius 2 is 1.61 bits per heavy atom. The topological polar surface area (TPSA) is 58.6 Å². The molecule has 1 aliphatic carbocycles. The Morgan fingerprint density at radius 3 is 2.34 bits per heavy atom. The number of hydrogen-bond donors (Lipinski definition) is 1. The molecular weight excluding hydrogens is 492 g/mol. The highest BCUT2D eigenvalue weighted by Crippen LogP contribution is 2.53. The summed E-state index contributed by atoms with van der Waals surface area (Å²) >= 11 is 1.79. The van der Waals surface area contributed by atoms with Gasteiger partial charge in [0, 0.05) is 40.4 Å². The molecule has 2 unspecified atom stereocenters. The lowest BCUT2D eigenvalue weighted by molar-refractivity contribution is -0.143. The molecule has 6 rings (SSSR count). The van der Waals surface area contributed by atoms with Crippen molar-refractivity contribution in [1.29, 1.82) is 0 Å². The van der Waals surface area contributed by atoms with Crippen LogP contribution in [0.3, 0.4) is 0 Å². The number of rotatable bonds is 4. The minimum atomic E-state index is -0.384. The van der Waals surface area contributed by atoms with Gasteiger partial charge in [-0.2, -0.15) is 0 Å². The number of benzene rings is 3. The standard InChI is InChI=1S/C32H30N2O3S/c1-17(2)37-32(36)27-19(4)33-18(3)26(31-34(5)24-15-8-9-16-25(24)38-31)29(27)22-13-10-14-23-28(22)20-11-6-7-12-21(20)30(23)35/h6-17,29,31,33H,1-5H3. The van der Waals surface area contributed by atoms with Crippen LogP contribution in [-0.2, 0) is 9.53 Å². The molecular formula is C32H30N2O3S. The maximum absolute atomic E-state index is 13.7. The van der Waals surface area contributed by atoms with Crippen molar-refractivity contribution >= 4 is 29.2 Å². The van der Waals surface area contributed by atoms with Crippen LogP contribution in [0.2, 0.25) is 0 Å². The fourth-order valence-corrected chi connectivity index (χ4v) is 7.44. The van der Waals surface area contributed by atoms with E-state index in [2.05, 4.69) is 54.5 Å². The van der Waals surface area contributed by atoms with Crippen molar-refractivity contribution in [3.63, 3.8) is 0 Å². The average Bonchev–Trinajstić information content (AvgIpc) is 3.37. The Labute approximate surface area is 227 Å². The molecule has 0 spiro atoms. The summed E-state index contributed by atoms with van der Waals surface area (Å²) in [4.78, 5) is 30.6.